The summed E-state index contributed by atoms with van der Waals surface area (Å²) >= 11 is 10.2. The first-order chi connectivity index (χ1) is 5.68. The Bertz CT molecular complexity index is 298. The Morgan fingerprint density at radius 1 is 1.33 bits per heavy atom. The lowest BCUT2D eigenvalue weighted by Crippen LogP contribution is -1.75. The first-order valence-electron chi connectivity index (χ1n) is 3.63. The number of halogens is 1. The van der Waals surface area contributed by atoms with E-state index in [1.807, 2.05) is 18.2 Å². The van der Waals surface area contributed by atoms with Crippen molar-refractivity contribution >= 4 is 34.2 Å². The number of aryl methyl sites for hydroxylation is 1. The smallest absolute Gasteiger partial charge is 0.0716 e. The minimum atomic E-state index is 0.385. The van der Waals surface area contributed by atoms with Gasteiger partial charge in [0.2, 0.25) is 0 Å². The zero-order valence-electron chi connectivity index (χ0n) is 6.75. The predicted octanol–water partition coefficient (Wildman–Crippen LogP) is 3.57. The third-order valence-electron chi connectivity index (χ3n) is 1.48. The molecule has 2 heteroatoms. The highest BCUT2D eigenvalue weighted by atomic mass is 35.5. The van der Waals surface area contributed by atoms with E-state index in [4.69, 9.17) is 23.8 Å². The molecular weight excluding hydrogens is 188 g/mol. The predicted molar refractivity (Wildman–Crippen MR) is 58.7 cm³/mol. The van der Waals surface area contributed by atoms with E-state index in [0.717, 1.165) is 5.56 Å². The first-order valence-corrected chi connectivity index (χ1v) is 4.41. The van der Waals surface area contributed by atoms with E-state index in [1.54, 1.807) is 6.08 Å². The van der Waals surface area contributed by atoms with Crippen molar-refractivity contribution in [3.63, 3.8) is 0 Å². The van der Waals surface area contributed by atoms with Gasteiger partial charge < -0.3 is 0 Å². The van der Waals surface area contributed by atoms with E-state index in [0.29, 0.717) is 4.32 Å². The van der Waals surface area contributed by atoms with Gasteiger partial charge in [-0.1, -0.05) is 59.7 Å². The Labute approximate surface area is 82.9 Å². The minimum Gasteiger partial charge on any atom is -0.0716 e. The van der Waals surface area contributed by atoms with Crippen LogP contribution in [0.15, 0.2) is 30.3 Å². The molecule has 0 saturated heterocycles. The number of hydrogen-bond donors (Lipinski definition) is 0. The van der Waals surface area contributed by atoms with Crippen LogP contribution in [0, 0.1) is 6.92 Å². The molecule has 0 heterocycles. The van der Waals surface area contributed by atoms with Gasteiger partial charge in [-0.3, -0.25) is 0 Å². The number of hydrogen-bond acceptors (Lipinski definition) is 1. The van der Waals surface area contributed by atoms with Crippen molar-refractivity contribution in [3.8, 4) is 0 Å². The monoisotopic (exact) mass is 196 g/mol. The normalized spacial score (nSPS) is 10.5. The molecular formula is C10H9ClS. The molecule has 1 rings (SSSR count). The molecule has 1 aromatic rings. The molecule has 0 N–H and O–H groups in total. The van der Waals surface area contributed by atoms with Gasteiger partial charge in [0.15, 0.2) is 0 Å². The Kier molecular flexibility index (Phi) is 3.45. The van der Waals surface area contributed by atoms with Gasteiger partial charge in [-0.2, -0.15) is 0 Å². The highest BCUT2D eigenvalue weighted by molar-refractivity contribution is 7.83. The summed E-state index contributed by atoms with van der Waals surface area (Å²) < 4.78 is 0.385. The lowest BCUT2D eigenvalue weighted by Gasteiger charge is -1.93. The molecule has 1 aromatic carbocycles. The van der Waals surface area contributed by atoms with Gasteiger partial charge in [0, 0.05) is 0 Å². The Balaban J connectivity index is 2.77. The zero-order chi connectivity index (χ0) is 8.97. The molecule has 0 aliphatic heterocycles. The van der Waals surface area contributed by atoms with Gasteiger partial charge in [-0.05, 0) is 18.6 Å². The molecule has 0 radical (unpaired) electrons. The first kappa shape index (κ1) is 9.43. The van der Waals surface area contributed by atoms with Crippen molar-refractivity contribution in [3.05, 3.63) is 41.5 Å². The summed E-state index contributed by atoms with van der Waals surface area (Å²) in [4.78, 5) is 0. The molecule has 0 amide bonds. The van der Waals surface area contributed by atoms with Gasteiger partial charge in [0.05, 0.1) is 0 Å². The molecule has 0 bridgehead atoms. The van der Waals surface area contributed by atoms with Crippen molar-refractivity contribution in [2.24, 2.45) is 0 Å². The van der Waals surface area contributed by atoms with Crippen LogP contribution >= 0.6 is 23.8 Å². The molecule has 12 heavy (non-hydrogen) atoms. The molecule has 0 aromatic heterocycles. The van der Waals surface area contributed by atoms with Gasteiger partial charge in [0.25, 0.3) is 0 Å². The minimum absolute atomic E-state index is 0.385. The largest absolute Gasteiger partial charge is 0.103 e. The fourth-order valence-corrected chi connectivity index (χ4v) is 0.970. The van der Waals surface area contributed by atoms with Crippen molar-refractivity contribution in [1.82, 2.24) is 0 Å². The van der Waals surface area contributed by atoms with Crippen LogP contribution in [0.2, 0.25) is 0 Å². The summed E-state index contributed by atoms with van der Waals surface area (Å²) in [6, 6.07) is 8.16. The average Bonchev–Trinajstić information content (AvgIpc) is 2.03. The number of benzene rings is 1. The van der Waals surface area contributed by atoms with Gasteiger partial charge in [-0.15, -0.1) is 0 Å². The summed E-state index contributed by atoms with van der Waals surface area (Å²) in [5, 5.41) is 0. The van der Waals surface area contributed by atoms with Crippen molar-refractivity contribution in [2.75, 3.05) is 0 Å². The maximum absolute atomic E-state index is 5.50. The SMILES string of the molecule is Cc1ccc(/C=C/C(=S)Cl)cc1. The Morgan fingerprint density at radius 2 is 1.92 bits per heavy atom. The van der Waals surface area contributed by atoms with Crippen LogP contribution < -0.4 is 0 Å². The van der Waals surface area contributed by atoms with Crippen molar-refractivity contribution < 1.29 is 0 Å². The summed E-state index contributed by atoms with van der Waals surface area (Å²) in [7, 11) is 0. The lowest BCUT2D eigenvalue weighted by molar-refractivity contribution is 1.46. The summed E-state index contributed by atoms with van der Waals surface area (Å²) in [5.41, 5.74) is 2.37. The second-order valence-electron chi connectivity index (χ2n) is 2.55. The van der Waals surface area contributed by atoms with E-state index in [1.165, 1.54) is 5.56 Å². The van der Waals surface area contributed by atoms with E-state index in [2.05, 4.69) is 19.1 Å². The lowest BCUT2D eigenvalue weighted by atomic mass is 10.1. The molecule has 0 aliphatic carbocycles. The van der Waals surface area contributed by atoms with Gasteiger partial charge >= 0.3 is 0 Å². The van der Waals surface area contributed by atoms with Crippen LogP contribution in [-0.2, 0) is 0 Å². The average molecular weight is 197 g/mol. The van der Waals surface area contributed by atoms with Gasteiger partial charge in [-0.25, -0.2) is 0 Å². The second kappa shape index (κ2) is 4.39. The van der Waals surface area contributed by atoms with Crippen LogP contribution in [0.3, 0.4) is 0 Å². The summed E-state index contributed by atoms with van der Waals surface area (Å²) in [6.45, 7) is 2.06. The fourth-order valence-electron chi connectivity index (χ4n) is 0.839. The third kappa shape index (κ3) is 3.16. The zero-order valence-corrected chi connectivity index (χ0v) is 8.32. The van der Waals surface area contributed by atoms with Crippen molar-refractivity contribution in [2.45, 2.75) is 6.92 Å². The highest BCUT2D eigenvalue weighted by Gasteiger charge is 1.86. The van der Waals surface area contributed by atoms with Crippen LogP contribution in [0.25, 0.3) is 6.08 Å². The molecule has 62 valence electrons. The van der Waals surface area contributed by atoms with Crippen LogP contribution in [0.1, 0.15) is 11.1 Å². The molecule has 0 nitrogen and oxygen atoms in total. The molecule has 0 aliphatic rings. The topological polar surface area (TPSA) is 0 Å². The highest BCUT2D eigenvalue weighted by Crippen LogP contribution is 2.05. The molecule has 0 unspecified atom stereocenters. The maximum atomic E-state index is 5.50. The maximum Gasteiger partial charge on any atom is 0.103 e. The fraction of sp³-hybridized carbons (Fsp3) is 0.100. The summed E-state index contributed by atoms with van der Waals surface area (Å²) in [5.74, 6) is 0. The third-order valence-corrected chi connectivity index (χ3v) is 1.75. The van der Waals surface area contributed by atoms with Crippen molar-refractivity contribution in [1.29, 1.82) is 0 Å². The van der Waals surface area contributed by atoms with E-state index < -0.39 is 0 Å². The van der Waals surface area contributed by atoms with Crippen LogP contribution in [0.4, 0.5) is 0 Å². The number of thiocarbonyl (C=S) groups is 1. The standard InChI is InChI=1S/C10H9ClS/c1-8-2-4-9(5-3-8)6-7-10(11)12/h2-7H,1H3/b7-6+. The number of allylic oxidation sites excluding steroid dienone is 1. The van der Waals surface area contributed by atoms with Gasteiger partial charge in [0.1, 0.15) is 4.32 Å². The number of rotatable bonds is 2. The second-order valence-corrected chi connectivity index (χ2v) is 3.62. The van der Waals surface area contributed by atoms with Crippen LogP contribution in [0.5, 0.6) is 0 Å². The summed E-state index contributed by atoms with van der Waals surface area (Å²) in [6.07, 6.45) is 3.61. The molecule has 0 saturated carbocycles. The quantitative estimate of drug-likeness (QED) is 0.396. The molecule has 0 fully saturated rings. The Morgan fingerprint density at radius 3 is 2.42 bits per heavy atom. The molecule has 0 spiro atoms. The van der Waals surface area contributed by atoms with Crippen LogP contribution in [-0.4, -0.2) is 4.32 Å². The Hall–Kier alpha value is -0.660. The van der Waals surface area contributed by atoms with E-state index in [-0.39, 0.29) is 0 Å². The van der Waals surface area contributed by atoms with E-state index in [9.17, 15) is 0 Å². The molecule has 0 atom stereocenters. The van der Waals surface area contributed by atoms with E-state index >= 15 is 0 Å².